The van der Waals surface area contributed by atoms with Gasteiger partial charge in [0.2, 0.25) is 0 Å². The number of ether oxygens (including phenoxy) is 1. The number of piperidine rings is 1. The minimum atomic E-state index is -0.725. The highest BCUT2D eigenvalue weighted by atomic mass is 16.5. The first-order chi connectivity index (χ1) is 15.0. The molecule has 162 valence electrons. The zero-order valence-electron chi connectivity index (χ0n) is 17.5. The van der Waals surface area contributed by atoms with Crippen LogP contribution in [0.3, 0.4) is 0 Å². The van der Waals surface area contributed by atoms with Crippen molar-refractivity contribution in [2.45, 2.75) is 25.4 Å². The maximum atomic E-state index is 12.4. The monoisotopic (exact) mass is 422 g/mol. The molecule has 2 N–H and O–H groups in total. The van der Waals surface area contributed by atoms with Gasteiger partial charge in [0, 0.05) is 38.4 Å². The predicted octanol–water partition coefficient (Wildman–Crippen LogP) is 1.76. The summed E-state index contributed by atoms with van der Waals surface area (Å²) in [6.45, 7) is 2.61. The first-order valence-corrected chi connectivity index (χ1v) is 10.4. The van der Waals surface area contributed by atoms with Crippen molar-refractivity contribution >= 4 is 29.1 Å². The van der Waals surface area contributed by atoms with Crippen LogP contribution in [-0.4, -0.2) is 55.4 Å². The SMILES string of the molecule is CN1C(=O)COc2ccc(NC(=O)C(=O)NC3CCN(Cc4ccccc4)CC3)cc21. The molecule has 0 unspecified atom stereocenters. The predicted molar refractivity (Wildman–Crippen MR) is 117 cm³/mol. The Bertz CT molecular complexity index is 971. The number of amides is 3. The third-order valence-corrected chi connectivity index (χ3v) is 5.68. The number of fused-ring (bicyclic) bond motifs is 1. The fourth-order valence-electron chi connectivity index (χ4n) is 3.87. The van der Waals surface area contributed by atoms with Gasteiger partial charge >= 0.3 is 11.8 Å². The number of rotatable bonds is 4. The summed E-state index contributed by atoms with van der Waals surface area (Å²) in [5.41, 5.74) is 2.26. The van der Waals surface area contributed by atoms with Gasteiger partial charge in [0.05, 0.1) is 5.69 Å². The maximum absolute atomic E-state index is 12.4. The molecular weight excluding hydrogens is 396 g/mol. The summed E-state index contributed by atoms with van der Waals surface area (Å²) in [7, 11) is 1.64. The Hall–Kier alpha value is -3.39. The van der Waals surface area contributed by atoms with E-state index in [1.807, 2.05) is 18.2 Å². The minimum absolute atomic E-state index is 0.0121. The number of anilines is 2. The van der Waals surface area contributed by atoms with Crippen LogP contribution in [0.2, 0.25) is 0 Å². The normalized spacial score (nSPS) is 16.9. The van der Waals surface area contributed by atoms with Gasteiger partial charge in [0.25, 0.3) is 5.91 Å². The molecule has 0 spiro atoms. The summed E-state index contributed by atoms with van der Waals surface area (Å²) in [6, 6.07) is 15.2. The molecule has 4 rings (SSSR count). The van der Waals surface area contributed by atoms with Crippen LogP contribution in [0.25, 0.3) is 0 Å². The lowest BCUT2D eigenvalue weighted by Crippen LogP contribution is -2.47. The number of nitrogens with zero attached hydrogens (tertiary/aromatic N) is 2. The number of hydrogen-bond acceptors (Lipinski definition) is 5. The van der Waals surface area contributed by atoms with Crippen molar-refractivity contribution in [2.24, 2.45) is 0 Å². The Morgan fingerprint density at radius 1 is 1.06 bits per heavy atom. The van der Waals surface area contributed by atoms with Gasteiger partial charge in [-0.1, -0.05) is 30.3 Å². The van der Waals surface area contributed by atoms with E-state index in [1.54, 1.807) is 25.2 Å². The van der Waals surface area contributed by atoms with E-state index in [0.29, 0.717) is 17.1 Å². The molecule has 2 heterocycles. The van der Waals surface area contributed by atoms with Gasteiger partial charge in [-0.3, -0.25) is 19.3 Å². The number of nitrogens with one attached hydrogen (secondary N) is 2. The highest BCUT2D eigenvalue weighted by molar-refractivity contribution is 6.39. The fourth-order valence-corrected chi connectivity index (χ4v) is 3.87. The van der Waals surface area contributed by atoms with Crippen molar-refractivity contribution in [3.05, 3.63) is 54.1 Å². The smallest absolute Gasteiger partial charge is 0.313 e. The molecule has 2 aromatic rings. The van der Waals surface area contributed by atoms with Gasteiger partial charge in [-0.05, 0) is 36.6 Å². The average molecular weight is 422 g/mol. The van der Waals surface area contributed by atoms with Gasteiger partial charge in [-0.25, -0.2) is 0 Å². The van der Waals surface area contributed by atoms with E-state index in [1.165, 1.54) is 10.5 Å². The number of carbonyl (C=O) groups is 3. The second-order valence-corrected chi connectivity index (χ2v) is 7.89. The standard InChI is InChI=1S/C23H26N4O4/c1-26-19-13-18(7-8-20(19)31-15-21(26)28)25-23(30)22(29)24-17-9-11-27(12-10-17)14-16-5-3-2-4-6-16/h2-8,13,17H,9-12,14-15H2,1H3,(H,24,29)(H,25,30). The summed E-state index contributed by atoms with van der Waals surface area (Å²) < 4.78 is 5.37. The number of carbonyl (C=O) groups excluding carboxylic acids is 3. The van der Waals surface area contributed by atoms with Crippen LogP contribution >= 0.6 is 0 Å². The highest BCUT2D eigenvalue weighted by Gasteiger charge is 2.25. The molecular formula is C23H26N4O4. The molecule has 0 atom stereocenters. The maximum Gasteiger partial charge on any atom is 0.313 e. The molecule has 3 amide bonds. The molecule has 8 heteroatoms. The van der Waals surface area contributed by atoms with E-state index >= 15 is 0 Å². The second kappa shape index (κ2) is 9.18. The number of likely N-dealkylation sites (N-methyl/N-ethyl adjacent to an activating group) is 1. The molecule has 0 bridgehead atoms. The molecule has 0 aliphatic carbocycles. The molecule has 0 aromatic heterocycles. The van der Waals surface area contributed by atoms with Crippen LogP contribution in [0.4, 0.5) is 11.4 Å². The number of hydrogen-bond donors (Lipinski definition) is 2. The first-order valence-electron chi connectivity index (χ1n) is 10.4. The lowest BCUT2D eigenvalue weighted by molar-refractivity contribution is -0.136. The molecule has 2 aliphatic rings. The molecule has 1 saturated heterocycles. The van der Waals surface area contributed by atoms with Gasteiger partial charge < -0.3 is 20.3 Å². The molecule has 31 heavy (non-hydrogen) atoms. The van der Waals surface area contributed by atoms with Crippen LogP contribution in [0.15, 0.2) is 48.5 Å². The van der Waals surface area contributed by atoms with Crippen molar-refractivity contribution in [3.63, 3.8) is 0 Å². The van der Waals surface area contributed by atoms with Crippen LogP contribution in [0, 0.1) is 0 Å². The van der Waals surface area contributed by atoms with E-state index in [0.717, 1.165) is 32.5 Å². The molecule has 8 nitrogen and oxygen atoms in total. The molecule has 2 aliphatic heterocycles. The molecule has 1 fully saturated rings. The highest BCUT2D eigenvalue weighted by Crippen LogP contribution is 2.33. The Balaban J connectivity index is 1.27. The van der Waals surface area contributed by atoms with E-state index in [-0.39, 0.29) is 18.6 Å². The minimum Gasteiger partial charge on any atom is -0.482 e. The Labute approximate surface area is 181 Å². The van der Waals surface area contributed by atoms with Crippen LogP contribution in [-0.2, 0) is 20.9 Å². The third kappa shape index (κ3) is 5.03. The number of benzene rings is 2. The van der Waals surface area contributed by atoms with Gasteiger partial charge in [-0.2, -0.15) is 0 Å². The second-order valence-electron chi connectivity index (χ2n) is 7.89. The molecule has 0 saturated carbocycles. The van der Waals surface area contributed by atoms with Crippen molar-refractivity contribution < 1.29 is 19.1 Å². The van der Waals surface area contributed by atoms with E-state index in [4.69, 9.17) is 4.74 Å². The van der Waals surface area contributed by atoms with E-state index in [9.17, 15) is 14.4 Å². The van der Waals surface area contributed by atoms with E-state index in [2.05, 4.69) is 27.7 Å². The number of likely N-dealkylation sites (tertiary alicyclic amines) is 1. The summed E-state index contributed by atoms with van der Waals surface area (Å²) in [4.78, 5) is 40.3. The van der Waals surface area contributed by atoms with Crippen LogP contribution in [0.1, 0.15) is 18.4 Å². The summed E-state index contributed by atoms with van der Waals surface area (Å²) >= 11 is 0. The first kappa shape index (κ1) is 20.9. The fraction of sp³-hybridized carbons (Fsp3) is 0.348. The lowest BCUT2D eigenvalue weighted by Gasteiger charge is -2.32. The van der Waals surface area contributed by atoms with Crippen molar-refractivity contribution in [2.75, 3.05) is 37.0 Å². The lowest BCUT2D eigenvalue weighted by atomic mass is 10.0. The van der Waals surface area contributed by atoms with Gasteiger partial charge in [0.15, 0.2) is 6.61 Å². The summed E-state index contributed by atoms with van der Waals surface area (Å²) in [6.07, 6.45) is 1.60. The third-order valence-electron chi connectivity index (χ3n) is 5.68. The Morgan fingerprint density at radius 3 is 2.55 bits per heavy atom. The molecule has 2 aromatic carbocycles. The van der Waals surface area contributed by atoms with Crippen LogP contribution < -0.4 is 20.3 Å². The zero-order chi connectivity index (χ0) is 21.8. The summed E-state index contributed by atoms with van der Waals surface area (Å²) in [5.74, 6) is -0.989. The van der Waals surface area contributed by atoms with E-state index < -0.39 is 11.8 Å². The Kier molecular flexibility index (Phi) is 6.18. The van der Waals surface area contributed by atoms with Gasteiger partial charge in [0.1, 0.15) is 5.75 Å². The van der Waals surface area contributed by atoms with Crippen LogP contribution in [0.5, 0.6) is 5.75 Å². The Morgan fingerprint density at radius 2 is 1.81 bits per heavy atom. The molecule has 0 radical (unpaired) electrons. The largest absolute Gasteiger partial charge is 0.482 e. The van der Waals surface area contributed by atoms with Crippen molar-refractivity contribution in [1.82, 2.24) is 10.2 Å². The van der Waals surface area contributed by atoms with Crippen molar-refractivity contribution in [1.29, 1.82) is 0 Å². The summed E-state index contributed by atoms with van der Waals surface area (Å²) in [5, 5.41) is 5.44. The average Bonchev–Trinajstić information content (AvgIpc) is 2.78. The topological polar surface area (TPSA) is 91.0 Å². The zero-order valence-corrected chi connectivity index (χ0v) is 17.5. The quantitative estimate of drug-likeness (QED) is 0.733. The van der Waals surface area contributed by atoms with Crippen molar-refractivity contribution in [3.8, 4) is 5.75 Å². The van der Waals surface area contributed by atoms with Gasteiger partial charge in [-0.15, -0.1) is 0 Å².